The topological polar surface area (TPSA) is 91.4 Å². The molecule has 1 atom stereocenters. The highest BCUT2D eigenvalue weighted by Gasteiger charge is 2.48. The maximum atomic E-state index is 13.0. The summed E-state index contributed by atoms with van der Waals surface area (Å²) in [5, 5.41) is 12.2. The predicted molar refractivity (Wildman–Crippen MR) is 74.6 cm³/mol. The third-order valence-corrected chi connectivity index (χ3v) is 4.45. The number of amidine groups is 1. The highest BCUT2D eigenvalue weighted by Crippen LogP contribution is 2.34. The first kappa shape index (κ1) is 15.1. The molecule has 20 heavy (non-hydrogen) atoms. The molecule has 2 aliphatic heterocycles. The fraction of sp³-hybridized carbons (Fsp3) is 0.846. The van der Waals surface area contributed by atoms with Gasteiger partial charge >= 0.3 is 0 Å². The molecule has 7 nitrogen and oxygen atoms in total. The zero-order chi connectivity index (χ0) is 14.8. The fourth-order valence-electron chi connectivity index (χ4n) is 3.11. The lowest BCUT2D eigenvalue weighted by Gasteiger charge is -2.44. The molecule has 2 saturated heterocycles. The van der Waals surface area contributed by atoms with Gasteiger partial charge in [-0.05, 0) is 26.8 Å². The van der Waals surface area contributed by atoms with Crippen molar-refractivity contribution in [2.45, 2.75) is 25.8 Å². The van der Waals surface area contributed by atoms with Crippen LogP contribution >= 0.6 is 0 Å². The van der Waals surface area contributed by atoms with Crippen molar-refractivity contribution < 1.29 is 14.7 Å². The summed E-state index contributed by atoms with van der Waals surface area (Å²) in [6.07, 6.45) is 0.946. The van der Waals surface area contributed by atoms with Gasteiger partial charge in [-0.2, -0.15) is 0 Å². The second kappa shape index (κ2) is 5.97. The highest BCUT2D eigenvalue weighted by atomic mass is 16.5. The Balaban J connectivity index is 2.23. The lowest BCUT2D eigenvalue weighted by Crippen LogP contribution is -2.60. The Kier molecular flexibility index (Phi) is 4.49. The van der Waals surface area contributed by atoms with Crippen LogP contribution in [0.3, 0.4) is 0 Å². The van der Waals surface area contributed by atoms with Crippen molar-refractivity contribution in [2.24, 2.45) is 16.3 Å². The van der Waals surface area contributed by atoms with Gasteiger partial charge in [-0.25, -0.2) is 0 Å². The van der Waals surface area contributed by atoms with Gasteiger partial charge in [0, 0.05) is 38.9 Å². The third-order valence-electron chi connectivity index (χ3n) is 4.45. The van der Waals surface area contributed by atoms with Gasteiger partial charge < -0.3 is 25.5 Å². The molecule has 2 fully saturated rings. The predicted octanol–water partition coefficient (Wildman–Crippen LogP) is -0.308. The van der Waals surface area contributed by atoms with Crippen molar-refractivity contribution in [3.63, 3.8) is 0 Å². The van der Waals surface area contributed by atoms with E-state index in [1.54, 1.807) is 0 Å². The monoisotopic (exact) mass is 284 g/mol. The lowest BCUT2D eigenvalue weighted by atomic mass is 9.77. The first-order valence-electron chi connectivity index (χ1n) is 7.06. The molecule has 0 bridgehead atoms. The largest absolute Gasteiger partial charge is 0.409 e. The summed E-state index contributed by atoms with van der Waals surface area (Å²) in [5.41, 5.74) is 4.94. The maximum Gasteiger partial charge on any atom is 0.237 e. The van der Waals surface area contributed by atoms with E-state index in [1.807, 2.05) is 18.9 Å². The smallest absolute Gasteiger partial charge is 0.237 e. The van der Waals surface area contributed by atoms with E-state index >= 15 is 0 Å². The van der Waals surface area contributed by atoms with Crippen molar-refractivity contribution in [1.82, 2.24) is 9.80 Å². The van der Waals surface area contributed by atoms with Crippen LogP contribution in [0.1, 0.15) is 19.8 Å². The van der Waals surface area contributed by atoms with Crippen LogP contribution in [0.4, 0.5) is 0 Å². The van der Waals surface area contributed by atoms with Crippen LogP contribution in [0.25, 0.3) is 0 Å². The average molecular weight is 284 g/mol. The molecule has 0 aliphatic carbocycles. The van der Waals surface area contributed by atoms with E-state index < -0.39 is 5.41 Å². The first-order valence-corrected chi connectivity index (χ1v) is 7.06. The number of oxime groups is 1. The van der Waals surface area contributed by atoms with Gasteiger partial charge in [0.2, 0.25) is 5.91 Å². The molecule has 2 rings (SSSR count). The van der Waals surface area contributed by atoms with E-state index in [1.165, 1.54) is 0 Å². The molecule has 1 unspecified atom stereocenters. The van der Waals surface area contributed by atoms with Gasteiger partial charge in [0.15, 0.2) is 5.84 Å². The minimum Gasteiger partial charge on any atom is -0.409 e. The van der Waals surface area contributed by atoms with Crippen molar-refractivity contribution in [3.05, 3.63) is 0 Å². The molecule has 2 heterocycles. The Bertz CT molecular complexity index is 393. The standard InChI is InChI=1S/C13H24N4O3/c1-10-9-16(2)5-6-17(10)12(18)13(11(14)15-19)3-7-20-8-4-13/h10,19H,3-9H2,1-2H3,(H2,14,15). The fourth-order valence-corrected chi connectivity index (χ4v) is 3.11. The third kappa shape index (κ3) is 2.60. The molecule has 7 heteroatoms. The van der Waals surface area contributed by atoms with Gasteiger partial charge in [-0.15, -0.1) is 0 Å². The van der Waals surface area contributed by atoms with Gasteiger partial charge in [0.1, 0.15) is 5.41 Å². The Morgan fingerprint density at radius 3 is 2.60 bits per heavy atom. The second-order valence-corrected chi connectivity index (χ2v) is 5.79. The van der Waals surface area contributed by atoms with Crippen LogP contribution in [0, 0.1) is 5.41 Å². The minimum atomic E-state index is -0.906. The van der Waals surface area contributed by atoms with Crippen LogP contribution < -0.4 is 5.73 Å². The van der Waals surface area contributed by atoms with Crippen LogP contribution in [0.5, 0.6) is 0 Å². The zero-order valence-electron chi connectivity index (χ0n) is 12.2. The summed E-state index contributed by atoms with van der Waals surface area (Å²) in [5.74, 6) is -0.0198. The average Bonchev–Trinajstić information content (AvgIpc) is 2.46. The Hall–Kier alpha value is -1.34. The number of hydrogen-bond acceptors (Lipinski definition) is 5. The van der Waals surface area contributed by atoms with E-state index in [0.29, 0.717) is 32.6 Å². The summed E-state index contributed by atoms with van der Waals surface area (Å²) >= 11 is 0. The van der Waals surface area contributed by atoms with E-state index in [0.717, 1.165) is 13.1 Å². The molecule has 0 spiro atoms. The number of hydrogen-bond donors (Lipinski definition) is 2. The van der Waals surface area contributed by atoms with Gasteiger partial charge in [0.05, 0.1) is 0 Å². The van der Waals surface area contributed by atoms with Gasteiger partial charge in [-0.3, -0.25) is 4.79 Å². The molecule has 114 valence electrons. The normalized spacial score (nSPS) is 28.4. The lowest BCUT2D eigenvalue weighted by molar-refractivity contribution is -0.147. The molecule has 1 amide bonds. The minimum absolute atomic E-state index is 0.0110. The summed E-state index contributed by atoms with van der Waals surface area (Å²) in [4.78, 5) is 17.0. The summed E-state index contributed by atoms with van der Waals surface area (Å²) in [6.45, 7) is 5.33. The molecule has 3 N–H and O–H groups in total. The molecular weight excluding hydrogens is 260 g/mol. The Morgan fingerprint density at radius 2 is 2.05 bits per heavy atom. The molecule has 2 aliphatic rings. The summed E-state index contributed by atoms with van der Waals surface area (Å²) in [7, 11) is 2.05. The van der Waals surface area contributed by atoms with Gasteiger partial charge in [0.25, 0.3) is 0 Å². The number of ether oxygens (including phenoxy) is 1. The van der Waals surface area contributed by atoms with Crippen molar-refractivity contribution in [1.29, 1.82) is 0 Å². The number of carbonyl (C=O) groups excluding carboxylic acids is 1. The number of amides is 1. The number of nitrogens with two attached hydrogens (primary N) is 1. The van der Waals surface area contributed by atoms with E-state index in [-0.39, 0.29) is 17.8 Å². The van der Waals surface area contributed by atoms with E-state index in [4.69, 9.17) is 15.7 Å². The number of likely N-dealkylation sites (N-methyl/N-ethyl adjacent to an activating group) is 1. The Morgan fingerprint density at radius 1 is 1.40 bits per heavy atom. The van der Waals surface area contributed by atoms with Crippen molar-refractivity contribution in [3.8, 4) is 0 Å². The Labute approximate surface area is 119 Å². The molecule has 0 aromatic rings. The second-order valence-electron chi connectivity index (χ2n) is 5.79. The SMILES string of the molecule is CC1CN(C)CCN1C(=O)C1(C(N)=NO)CCOCC1. The van der Waals surface area contributed by atoms with Gasteiger partial charge in [-0.1, -0.05) is 5.16 Å². The van der Waals surface area contributed by atoms with Crippen molar-refractivity contribution >= 4 is 11.7 Å². The summed E-state index contributed by atoms with van der Waals surface area (Å²) in [6, 6.07) is 0.132. The van der Waals surface area contributed by atoms with Crippen LogP contribution in [0.15, 0.2) is 5.16 Å². The van der Waals surface area contributed by atoms with Crippen molar-refractivity contribution in [2.75, 3.05) is 39.9 Å². The van der Waals surface area contributed by atoms with E-state index in [2.05, 4.69) is 10.1 Å². The molecule has 0 saturated carbocycles. The maximum absolute atomic E-state index is 13.0. The van der Waals surface area contributed by atoms with Crippen LogP contribution in [0.2, 0.25) is 0 Å². The number of nitrogens with zero attached hydrogens (tertiary/aromatic N) is 3. The number of piperazine rings is 1. The number of carbonyl (C=O) groups is 1. The van der Waals surface area contributed by atoms with Crippen LogP contribution in [-0.4, -0.2) is 72.7 Å². The molecule has 0 aromatic carbocycles. The molecule has 0 radical (unpaired) electrons. The summed E-state index contributed by atoms with van der Waals surface area (Å²) < 4.78 is 5.33. The van der Waals surface area contributed by atoms with E-state index in [9.17, 15) is 4.79 Å². The number of rotatable bonds is 2. The molecule has 0 aromatic heterocycles. The highest BCUT2D eigenvalue weighted by molar-refractivity contribution is 6.07. The zero-order valence-corrected chi connectivity index (χ0v) is 12.2. The molecular formula is C13H24N4O3. The first-order chi connectivity index (χ1) is 9.51. The quantitative estimate of drug-likeness (QED) is 0.314. The van der Waals surface area contributed by atoms with Crippen LogP contribution in [-0.2, 0) is 9.53 Å².